The molecule has 1 aromatic carbocycles. The Hall–Kier alpha value is -3.80. The molecule has 5 saturated carbocycles. The molecule has 1 spiro atoms. The Labute approximate surface area is 469 Å². The molecule has 10 heteroatoms. The summed E-state index contributed by atoms with van der Waals surface area (Å²) < 4.78 is 14.7. The van der Waals surface area contributed by atoms with Crippen molar-refractivity contribution in [2.45, 2.75) is 225 Å². The fraction of sp³-hybridized carbons (Fsp3) is 0.710. The van der Waals surface area contributed by atoms with E-state index in [1.807, 2.05) is 7.05 Å². The van der Waals surface area contributed by atoms with Gasteiger partial charge in [0.25, 0.3) is 0 Å². The van der Waals surface area contributed by atoms with E-state index < -0.39 is 44.9 Å². The van der Waals surface area contributed by atoms with Crippen LogP contribution in [0.4, 0.5) is 0 Å². The van der Waals surface area contributed by atoms with Gasteiger partial charge in [-0.1, -0.05) is 59.6 Å². The fourth-order valence-corrected chi connectivity index (χ4v) is 22.9. The maximum Gasteiger partial charge on any atom is 0.160 e. The van der Waals surface area contributed by atoms with Gasteiger partial charge in [0.2, 0.25) is 0 Å². The van der Waals surface area contributed by atoms with Gasteiger partial charge in [0, 0.05) is 79.2 Å². The number of ketones is 2. The van der Waals surface area contributed by atoms with E-state index in [4.69, 9.17) is 9.47 Å². The molecule has 0 radical (unpaired) electrons. The number of nitrogens with zero attached hydrogens (tertiary/aromatic N) is 1. The van der Waals surface area contributed by atoms with Gasteiger partial charge in [-0.3, -0.25) is 9.59 Å². The number of allylic oxidation sites excluding steroid dienone is 1. The van der Waals surface area contributed by atoms with Crippen LogP contribution >= 0.6 is 0 Å². The summed E-state index contributed by atoms with van der Waals surface area (Å²) >= 11 is 0. The number of aromatic nitrogens is 3. The van der Waals surface area contributed by atoms with Gasteiger partial charge in [0.15, 0.2) is 5.78 Å². The molecule has 79 heavy (non-hydrogen) atoms. The fourth-order valence-electron chi connectivity index (χ4n) is 22.9. The second kappa shape index (κ2) is 17.6. The summed E-state index contributed by atoms with van der Waals surface area (Å²) in [5, 5.41) is 30.4. The minimum atomic E-state index is -0.779. The normalized spacial score (nSPS) is 42.2. The highest BCUT2D eigenvalue weighted by Gasteiger charge is 2.80. The molecule has 6 heterocycles. The van der Waals surface area contributed by atoms with Crippen LogP contribution in [0.2, 0.25) is 0 Å². The topological polar surface area (TPSA) is 145 Å². The summed E-state index contributed by atoms with van der Waals surface area (Å²) in [6.45, 7) is 19.3. The second-order valence-electron chi connectivity index (χ2n) is 30.4. The largest absolute Gasteiger partial charge is 0.392 e. The summed E-state index contributed by atoms with van der Waals surface area (Å²) in [7, 11) is 2.02. The summed E-state index contributed by atoms with van der Waals surface area (Å²) in [5.41, 5.74) is 12.4. The zero-order valence-corrected chi connectivity index (χ0v) is 49.1. The van der Waals surface area contributed by atoms with Crippen molar-refractivity contribution in [2.75, 3.05) is 26.8 Å². The molecule has 3 aromatic heterocycles. The number of hydrogen-bond donors (Lipinski definition) is 5. The number of carbonyl (C=O) groups is 2. The van der Waals surface area contributed by atoms with Crippen LogP contribution in [0.1, 0.15) is 220 Å². The summed E-state index contributed by atoms with van der Waals surface area (Å²) in [5.74, 6) is 2.27. The summed E-state index contributed by atoms with van der Waals surface area (Å²) in [6, 6.07) is 7.50. The highest BCUT2D eigenvalue weighted by molar-refractivity contribution is 6.02. The molecular weight excluding hydrogens is 981 g/mol. The van der Waals surface area contributed by atoms with E-state index in [9.17, 15) is 10.2 Å². The molecule has 5 N–H and O–H groups in total. The first-order chi connectivity index (χ1) is 37.8. The predicted molar refractivity (Wildman–Crippen MR) is 308 cm³/mol. The van der Waals surface area contributed by atoms with Crippen LogP contribution in [0, 0.1) is 56.2 Å². The number of aliphatic hydroxyl groups is 2. The molecule has 0 amide bonds. The molecule has 16 unspecified atom stereocenters. The number of aryl methyl sites for hydroxylation is 1. The van der Waals surface area contributed by atoms with Crippen molar-refractivity contribution in [3.63, 3.8) is 0 Å². The van der Waals surface area contributed by atoms with Crippen LogP contribution < -0.4 is 5.32 Å². The van der Waals surface area contributed by atoms with E-state index >= 15 is 9.59 Å². The van der Waals surface area contributed by atoms with Crippen molar-refractivity contribution < 1.29 is 29.3 Å². The summed E-state index contributed by atoms with van der Waals surface area (Å²) in [4.78, 5) is 39.5. The number of carbonyl (C=O) groups excluding carboxylic acids is 2. The van der Waals surface area contributed by atoms with Crippen molar-refractivity contribution in [1.82, 2.24) is 19.9 Å². The Bertz CT molecular complexity index is 3190. The number of fused-ring (bicyclic) bond motifs is 11. The van der Waals surface area contributed by atoms with Crippen LogP contribution in [-0.4, -0.2) is 87.0 Å². The van der Waals surface area contributed by atoms with E-state index in [1.54, 1.807) is 16.7 Å². The van der Waals surface area contributed by atoms with Gasteiger partial charge in [-0.15, -0.1) is 0 Å². The minimum absolute atomic E-state index is 0.0734. The molecule has 8 aliphatic carbocycles. The number of ether oxygens (including phenoxy) is 2. The number of nitrogens with one attached hydrogen (secondary N) is 3. The molecule has 10 nitrogen and oxygen atoms in total. The molecule has 11 aliphatic rings. The Morgan fingerprint density at radius 3 is 2.44 bits per heavy atom. The minimum Gasteiger partial charge on any atom is -0.392 e. The van der Waals surface area contributed by atoms with E-state index in [-0.39, 0.29) is 41.0 Å². The predicted octanol–water partition coefficient (Wildman–Crippen LogP) is 12.4. The maximum absolute atomic E-state index is 16.0. The smallest absolute Gasteiger partial charge is 0.160 e. The van der Waals surface area contributed by atoms with Gasteiger partial charge in [-0.05, 0) is 232 Å². The average molecular weight is 1070 g/mol. The average Bonchev–Trinajstić information content (AvgIpc) is 2.09. The van der Waals surface area contributed by atoms with E-state index in [0.717, 1.165) is 95.5 Å². The van der Waals surface area contributed by atoms with Crippen molar-refractivity contribution in [3.8, 4) is 0 Å². The monoisotopic (exact) mass is 1070 g/mol. The van der Waals surface area contributed by atoms with Gasteiger partial charge in [0.05, 0.1) is 34.8 Å². The second-order valence-corrected chi connectivity index (χ2v) is 30.4. The third kappa shape index (κ3) is 6.93. The lowest BCUT2D eigenvalue weighted by molar-refractivity contribution is -0.267. The van der Waals surface area contributed by atoms with Crippen LogP contribution in [0.5, 0.6) is 0 Å². The quantitative estimate of drug-likeness (QED) is 0.105. The molecular formula is C69H92N4O6. The molecule has 4 aromatic rings. The number of H-pyrrole nitrogens is 2. The van der Waals surface area contributed by atoms with Crippen LogP contribution in [0.3, 0.4) is 0 Å². The molecule has 2 saturated heterocycles. The van der Waals surface area contributed by atoms with Gasteiger partial charge >= 0.3 is 0 Å². The van der Waals surface area contributed by atoms with Gasteiger partial charge in [-0.2, -0.15) is 0 Å². The van der Waals surface area contributed by atoms with E-state index in [2.05, 4.69) is 105 Å². The Kier molecular flexibility index (Phi) is 11.6. The van der Waals surface area contributed by atoms with Gasteiger partial charge < -0.3 is 39.5 Å². The molecule has 2 bridgehead atoms. The Morgan fingerprint density at radius 1 is 0.873 bits per heavy atom. The molecule has 15 rings (SSSR count). The molecule has 3 aliphatic heterocycles. The number of aromatic amines is 2. The van der Waals surface area contributed by atoms with E-state index in [1.165, 1.54) is 83.1 Å². The van der Waals surface area contributed by atoms with Crippen molar-refractivity contribution in [1.29, 1.82) is 0 Å². The lowest BCUT2D eigenvalue weighted by Crippen LogP contribution is -2.74. The van der Waals surface area contributed by atoms with Crippen molar-refractivity contribution in [2.24, 2.45) is 56.2 Å². The zero-order valence-electron chi connectivity index (χ0n) is 49.1. The lowest BCUT2D eigenvalue weighted by atomic mass is 9.28. The van der Waals surface area contributed by atoms with Crippen LogP contribution in [0.15, 0.2) is 47.9 Å². The lowest BCUT2D eigenvalue weighted by Gasteiger charge is -2.76. The highest BCUT2D eigenvalue weighted by atomic mass is 16.6. The Morgan fingerprint density at radius 2 is 1.66 bits per heavy atom. The first kappa shape index (κ1) is 52.0. The molecule has 7 fully saturated rings. The molecule has 16 atom stereocenters. The highest BCUT2D eigenvalue weighted by Crippen LogP contribution is 2.83. The third-order valence-corrected chi connectivity index (χ3v) is 26.6. The van der Waals surface area contributed by atoms with Gasteiger partial charge in [0.1, 0.15) is 11.9 Å². The summed E-state index contributed by atoms with van der Waals surface area (Å²) in [6.07, 6.45) is 23.7. The van der Waals surface area contributed by atoms with Crippen molar-refractivity contribution >= 4 is 22.6 Å². The Balaban J connectivity index is 0.907. The number of aliphatic hydroxyl groups excluding tert-OH is 2. The van der Waals surface area contributed by atoms with Gasteiger partial charge in [-0.25, -0.2) is 0 Å². The maximum atomic E-state index is 16.0. The third-order valence-electron chi connectivity index (χ3n) is 26.6. The van der Waals surface area contributed by atoms with Crippen molar-refractivity contribution in [3.05, 3.63) is 92.6 Å². The number of benzene rings is 1. The number of rotatable bonds is 9. The first-order valence-corrected chi connectivity index (χ1v) is 31.9. The standard InChI is InChI=1S/C69H92N4O6/c1-63(2)62(79-63)51(75)33-64(3)21-15-42-35-72-57-43(29-38-30-47(40-19-27-78-28-20-40)45-14-13-39-11-9-10-12-44(39)48(45)31-38)36-73(58(42)57)37-49-53-55(64)50(74)34-67(53,6)66(5)22-17-52-65(4,24-26-70-8)61(77)54-46-18-25-71-56(46)41-16-23-69(54,32-41)68(52,7)60(66)59(49)76/h18,25,30-31,35-36,39-41,44,49,51-52,54,59-60,62,70-72,75-76H,9-17,19-24,26-29,32-34,37H2,1-8H3. The molecule has 424 valence electrons. The van der Waals surface area contributed by atoms with Crippen LogP contribution in [-0.2, 0) is 44.9 Å². The first-order valence-electron chi connectivity index (χ1n) is 31.9. The number of hydrogen-bond acceptors (Lipinski definition) is 7. The zero-order chi connectivity index (χ0) is 54.6. The van der Waals surface area contributed by atoms with Crippen LogP contribution in [0.25, 0.3) is 11.0 Å². The SMILES string of the molecule is CNCCC1(C)C(=O)C2c3cc[nH]c3C3CCC2(C3)C2(C)C1CCC1(C)C2C(O)C2Cn3cc(Cc4cc(C5CCOCC5)c5c(c4)C4CCCCC4CC5)c4[nH]cc(c43)CCC(C)(CC(O)C3OC3(C)C)C3=C2C1(C)CC3=O. The number of Topliss-reactive ketones (excluding diaryl/α,β-unsaturated/α-hetero) is 2. The number of epoxide rings is 1. The van der Waals surface area contributed by atoms with E-state index in [0.29, 0.717) is 49.3 Å².